The summed E-state index contributed by atoms with van der Waals surface area (Å²) in [7, 11) is -3.86. The standard InChI is InChI=1S/C12H8Br2Cl2N2O2S/c13-6-1-10(14)12(11(17)2-6)18-21(19,20)9-4-7(15)3-8(16)5-9/h1-5,18H,17H2. The molecular weight excluding hydrogens is 467 g/mol. The molecule has 3 N–H and O–H groups in total. The summed E-state index contributed by atoms with van der Waals surface area (Å²) in [6.45, 7) is 0. The number of anilines is 2. The van der Waals surface area contributed by atoms with Crippen LogP contribution in [0.2, 0.25) is 10.0 Å². The molecule has 0 heterocycles. The zero-order valence-electron chi connectivity index (χ0n) is 10.2. The van der Waals surface area contributed by atoms with E-state index in [-0.39, 0.29) is 26.3 Å². The topological polar surface area (TPSA) is 72.2 Å². The van der Waals surface area contributed by atoms with Gasteiger partial charge in [-0.15, -0.1) is 0 Å². The van der Waals surface area contributed by atoms with Crippen LogP contribution in [-0.4, -0.2) is 8.42 Å². The van der Waals surface area contributed by atoms with E-state index >= 15 is 0 Å². The lowest BCUT2D eigenvalue weighted by Gasteiger charge is -2.13. The van der Waals surface area contributed by atoms with Gasteiger partial charge in [0.25, 0.3) is 10.0 Å². The number of hydrogen-bond donors (Lipinski definition) is 2. The Morgan fingerprint density at radius 1 is 1.00 bits per heavy atom. The minimum absolute atomic E-state index is 0.0470. The lowest BCUT2D eigenvalue weighted by atomic mass is 10.3. The second kappa shape index (κ2) is 6.34. The van der Waals surface area contributed by atoms with Crippen molar-refractivity contribution in [3.63, 3.8) is 0 Å². The smallest absolute Gasteiger partial charge is 0.262 e. The van der Waals surface area contributed by atoms with E-state index in [4.69, 9.17) is 28.9 Å². The fourth-order valence-corrected chi connectivity index (χ4v) is 4.90. The Morgan fingerprint density at radius 2 is 1.57 bits per heavy atom. The predicted molar refractivity (Wildman–Crippen MR) is 93.5 cm³/mol. The molecule has 0 fully saturated rings. The van der Waals surface area contributed by atoms with Gasteiger partial charge in [0.15, 0.2) is 0 Å². The van der Waals surface area contributed by atoms with E-state index in [1.165, 1.54) is 18.2 Å². The maximum Gasteiger partial charge on any atom is 0.262 e. The number of halogens is 4. The summed E-state index contributed by atoms with van der Waals surface area (Å²) in [5.74, 6) is 0. The predicted octanol–water partition coefficient (Wildman–Crippen LogP) is 4.90. The number of nitrogens with two attached hydrogens (primary N) is 1. The first-order chi connectivity index (χ1) is 9.69. The summed E-state index contributed by atoms with van der Waals surface area (Å²) in [5.41, 5.74) is 6.34. The van der Waals surface area contributed by atoms with Crippen LogP contribution in [0.15, 0.2) is 44.2 Å². The molecule has 0 radical (unpaired) electrons. The van der Waals surface area contributed by atoms with Gasteiger partial charge in [-0.05, 0) is 46.3 Å². The van der Waals surface area contributed by atoms with Gasteiger partial charge in [-0.3, -0.25) is 4.72 Å². The molecular formula is C12H8Br2Cl2N2O2S. The molecule has 21 heavy (non-hydrogen) atoms. The molecule has 0 bridgehead atoms. The quantitative estimate of drug-likeness (QED) is 0.621. The Bertz CT molecular complexity index is 770. The van der Waals surface area contributed by atoms with Gasteiger partial charge in [0, 0.05) is 19.0 Å². The van der Waals surface area contributed by atoms with Crippen LogP contribution in [0, 0.1) is 0 Å². The number of rotatable bonds is 3. The normalized spacial score (nSPS) is 11.4. The van der Waals surface area contributed by atoms with Crippen molar-refractivity contribution in [3.8, 4) is 0 Å². The highest BCUT2D eigenvalue weighted by molar-refractivity contribution is 9.11. The maximum atomic E-state index is 12.4. The van der Waals surface area contributed by atoms with Crippen LogP contribution in [0.3, 0.4) is 0 Å². The molecule has 0 atom stereocenters. The lowest BCUT2D eigenvalue weighted by molar-refractivity contribution is 0.601. The summed E-state index contributed by atoms with van der Waals surface area (Å²) in [6.07, 6.45) is 0. The fourth-order valence-electron chi connectivity index (χ4n) is 1.58. The Morgan fingerprint density at radius 3 is 2.10 bits per heavy atom. The Labute approximate surface area is 148 Å². The molecule has 0 amide bonds. The SMILES string of the molecule is Nc1cc(Br)cc(Br)c1NS(=O)(=O)c1cc(Cl)cc(Cl)c1. The van der Waals surface area contributed by atoms with Crippen LogP contribution < -0.4 is 10.5 Å². The van der Waals surface area contributed by atoms with Crippen molar-refractivity contribution in [3.05, 3.63) is 49.3 Å². The zero-order chi connectivity index (χ0) is 15.8. The second-order valence-electron chi connectivity index (χ2n) is 4.06. The maximum absolute atomic E-state index is 12.4. The largest absolute Gasteiger partial charge is 0.397 e. The van der Waals surface area contributed by atoms with Gasteiger partial charge in [-0.2, -0.15) is 0 Å². The van der Waals surface area contributed by atoms with Gasteiger partial charge in [0.1, 0.15) is 0 Å². The molecule has 0 aromatic heterocycles. The van der Waals surface area contributed by atoms with Crippen LogP contribution in [-0.2, 0) is 10.0 Å². The molecule has 0 saturated carbocycles. The molecule has 0 spiro atoms. The van der Waals surface area contributed by atoms with E-state index in [9.17, 15) is 8.42 Å². The molecule has 2 aromatic carbocycles. The van der Waals surface area contributed by atoms with Crippen molar-refractivity contribution in [1.82, 2.24) is 0 Å². The zero-order valence-corrected chi connectivity index (χ0v) is 15.7. The van der Waals surface area contributed by atoms with Gasteiger partial charge < -0.3 is 5.73 Å². The highest BCUT2D eigenvalue weighted by Gasteiger charge is 2.19. The summed E-state index contributed by atoms with van der Waals surface area (Å²) in [5, 5.41) is 0.455. The van der Waals surface area contributed by atoms with Crippen molar-refractivity contribution in [2.45, 2.75) is 4.90 Å². The van der Waals surface area contributed by atoms with E-state index in [0.717, 1.165) is 4.47 Å². The molecule has 0 aliphatic carbocycles. The molecule has 0 aliphatic rings. The Kier molecular flexibility index (Phi) is 5.10. The van der Waals surface area contributed by atoms with E-state index < -0.39 is 10.0 Å². The first-order valence-corrected chi connectivity index (χ1v) is 9.25. The van der Waals surface area contributed by atoms with E-state index in [1.54, 1.807) is 12.1 Å². The van der Waals surface area contributed by atoms with E-state index in [1.807, 2.05) is 0 Å². The van der Waals surface area contributed by atoms with Crippen molar-refractivity contribution < 1.29 is 8.42 Å². The molecule has 112 valence electrons. The fraction of sp³-hybridized carbons (Fsp3) is 0. The third-order valence-corrected chi connectivity index (χ3v) is 5.32. The molecule has 0 saturated heterocycles. The van der Waals surface area contributed by atoms with Crippen LogP contribution >= 0.6 is 55.1 Å². The lowest BCUT2D eigenvalue weighted by Crippen LogP contribution is -2.14. The summed E-state index contributed by atoms with van der Waals surface area (Å²) < 4.78 is 28.4. The first kappa shape index (κ1) is 16.9. The first-order valence-electron chi connectivity index (χ1n) is 5.42. The molecule has 4 nitrogen and oxygen atoms in total. The number of sulfonamides is 1. The molecule has 2 aromatic rings. The highest BCUT2D eigenvalue weighted by Crippen LogP contribution is 2.34. The molecule has 9 heteroatoms. The third-order valence-electron chi connectivity index (χ3n) is 2.47. The molecule has 2 rings (SSSR count). The second-order valence-corrected chi connectivity index (χ2v) is 8.39. The average Bonchev–Trinajstić information content (AvgIpc) is 2.32. The monoisotopic (exact) mass is 472 g/mol. The number of nitrogens with one attached hydrogen (secondary N) is 1. The number of hydrogen-bond acceptors (Lipinski definition) is 3. The summed E-state index contributed by atoms with van der Waals surface area (Å²) in [6, 6.07) is 7.33. The average molecular weight is 475 g/mol. The molecule has 0 aliphatic heterocycles. The van der Waals surface area contributed by atoms with Crippen LogP contribution in [0.25, 0.3) is 0 Å². The van der Waals surface area contributed by atoms with Gasteiger partial charge in [0.2, 0.25) is 0 Å². The van der Waals surface area contributed by atoms with Gasteiger partial charge in [0.05, 0.1) is 16.3 Å². The number of nitrogen functional groups attached to an aromatic ring is 1. The van der Waals surface area contributed by atoms with Gasteiger partial charge in [-0.1, -0.05) is 39.1 Å². The summed E-state index contributed by atoms with van der Waals surface area (Å²) in [4.78, 5) is -0.0470. The van der Waals surface area contributed by atoms with Crippen molar-refractivity contribution in [2.75, 3.05) is 10.5 Å². The highest BCUT2D eigenvalue weighted by atomic mass is 79.9. The third kappa shape index (κ3) is 4.04. The Hall–Kier alpha value is -0.470. The van der Waals surface area contributed by atoms with E-state index in [2.05, 4.69) is 36.6 Å². The van der Waals surface area contributed by atoms with Crippen LogP contribution in [0.4, 0.5) is 11.4 Å². The van der Waals surface area contributed by atoms with Crippen LogP contribution in [0.5, 0.6) is 0 Å². The molecule has 0 unspecified atom stereocenters. The minimum atomic E-state index is -3.86. The summed E-state index contributed by atoms with van der Waals surface area (Å²) >= 11 is 18.2. The Balaban J connectivity index is 2.47. The van der Waals surface area contributed by atoms with Gasteiger partial charge in [-0.25, -0.2) is 8.42 Å². The number of benzene rings is 2. The van der Waals surface area contributed by atoms with Crippen molar-refractivity contribution in [1.29, 1.82) is 0 Å². The van der Waals surface area contributed by atoms with Crippen LogP contribution in [0.1, 0.15) is 0 Å². The van der Waals surface area contributed by atoms with Crippen molar-refractivity contribution in [2.24, 2.45) is 0 Å². The van der Waals surface area contributed by atoms with Crippen molar-refractivity contribution >= 4 is 76.5 Å². The van der Waals surface area contributed by atoms with E-state index in [0.29, 0.717) is 4.47 Å². The minimum Gasteiger partial charge on any atom is -0.397 e. The van der Waals surface area contributed by atoms with Gasteiger partial charge >= 0.3 is 0 Å².